The van der Waals surface area contributed by atoms with E-state index in [1.807, 2.05) is 24.3 Å². The summed E-state index contributed by atoms with van der Waals surface area (Å²) in [7, 11) is 3.57. The van der Waals surface area contributed by atoms with Crippen LogP contribution in [0, 0.1) is 0 Å². The second-order valence-corrected chi connectivity index (χ2v) is 6.45. The minimum Gasteiger partial charge on any atom is -0.457 e. The van der Waals surface area contributed by atoms with Gasteiger partial charge in [0.1, 0.15) is 5.03 Å². The lowest BCUT2D eigenvalue weighted by molar-refractivity contribution is -0.141. The summed E-state index contributed by atoms with van der Waals surface area (Å²) < 4.78 is 5.19. The van der Waals surface area contributed by atoms with Crippen molar-refractivity contribution in [1.29, 1.82) is 0 Å². The van der Waals surface area contributed by atoms with E-state index >= 15 is 0 Å². The Morgan fingerprint density at radius 2 is 1.92 bits per heavy atom. The highest BCUT2D eigenvalue weighted by atomic mass is 32.2. The van der Waals surface area contributed by atoms with Gasteiger partial charge in [-0.15, -0.1) is 0 Å². The fourth-order valence-corrected chi connectivity index (χ4v) is 2.66. The van der Waals surface area contributed by atoms with Gasteiger partial charge < -0.3 is 15.4 Å². The average Bonchev–Trinajstić information content (AvgIpc) is 2.64. The molecule has 0 unspecified atom stereocenters. The molecular weight excluding hydrogens is 354 g/mol. The van der Waals surface area contributed by atoms with Crippen LogP contribution in [0.4, 0.5) is 11.9 Å². The van der Waals surface area contributed by atoms with Crippen molar-refractivity contribution in [3.05, 3.63) is 36.3 Å². The number of aromatic nitrogens is 5. The number of ether oxygens (including phenoxy) is 1. The number of hydrogen-bond donors (Lipinski definition) is 1. The van der Waals surface area contributed by atoms with Crippen molar-refractivity contribution in [2.45, 2.75) is 11.6 Å². The summed E-state index contributed by atoms with van der Waals surface area (Å²) in [6, 6.07) is 7.55. The third-order valence-electron chi connectivity index (χ3n) is 3.21. The molecule has 0 amide bonds. The van der Waals surface area contributed by atoms with Gasteiger partial charge in [0, 0.05) is 14.1 Å². The molecule has 0 radical (unpaired) electrons. The summed E-state index contributed by atoms with van der Waals surface area (Å²) in [4.78, 5) is 34.5. The van der Waals surface area contributed by atoms with Crippen molar-refractivity contribution in [2.24, 2.45) is 0 Å². The Morgan fingerprint density at radius 3 is 2.69 bits per heavy atom. The molecule has 0 fully saturated rings. The number of nitrogen functional groups attached to an aromatic ring is 1. The highest BCUT2D eigenvalue weighted by Crippen LogP contribution is 2.18. The molecular formula is C16H17N7O2S. The summed E-state index contributed by atoms with van der Waals surface area (Å²) in [5.41, 5.74) is 7.22. The van der Waals surface area contributed by atoms with Crippen LogP contribution in [-0.4, -0.2) is 50.7 Å². The Labute approximate surface area is 154 Å². The van der Waals surface area contributed by atoms with Gasteiger partial charge in [-0.05, 0) is 12.1 Å². The molecule has 0 atom stereocenters. The molecule has 0 aliphatic rings. The molecule has 9 nitrogen and oxygen atoms in total. The first kappa shape index (κ1) is 17.8. The number of carbonyl (C=O) groups excluding carboxylic acids is 1. The summed E-state index contributed by atoms with van der Waals surface area (Å²) >= 11 is 1.26. The smallest absolute Gasteiger partial charge is 0.316 e. The van der Waals surface area contributed by atoms with Crippen LogP contribution < -0.4 is 10.6 Å². The monoisotopic (exact) mass is 371 g/mol. The summed E-state index contributed by atoms with van der Waals surface area (Å²) in [5.74, 6) is 0.481. The van der Waals surface area contributed by atoms with Crippen LogP contribution in [0.2, 0.25) is 0 Å². The number of rotatable bonds is 6. The molecule has 0 saturated heterocycles. The van der Waals surface area contributed by atoms with Crippen molar-refractivity contribution >= 4 is 40.7 Å². The lowest BCUT2D eigenvalue weighted by Gasteiger charge is -2.11. The fraction of sp³-hybridized carbons (Fsp3) is 0.250. The van der Waals surface area contributed by atoms with Crippen molar-refractivity contribution in [1.82, 2.24) is 24.9 Å². The van der Waals surface area contributed by atoms with Crippen LogP contribution in [0.5, 0.6) is 0 Å². The number of fused-ring (bicyclic) bond motifs is 1. The maximum absolute atomic E-state index is 12.0. The van der Waals surface area contributed by atoms with Gasteiger partial charge in [0.05, 0.1) is 23.0 Å². The standard InChI is InChI=1S/C16H17N7O2S/c1-23(2)16-21-12(20-15(17)22-16)8-25-14(24)9-26-13-7-18-10-5-3-4-6-11(10)19-13/h3-7H,8-9H2,1-2H3,(H2,17,20,21,22). The Balaban J connectivity index is 1.55. The molecule has 0 aliphatic carbocycles. The lowest BCUT2D eigenvalue weighted by Crippen LogP contribution is -2.17. The van der Waals surface area contributed by atoms with Crippen LogP contribution in [-0.2, 0) is 16.1 Å². The second-order valence-electron chi connectivity index (χ2n) is 5.45. The molecule has 26 heavy (non-hydrogen) atoms. The van der Waals surface area contributed by atoms with Gasteiger partial charge in [-0.25, -0.2) is 4.98 Å². The normalized spacial score (nSPS) is 10.7. The van der Waals surface area contributed by atoms with Gasteiger partial charge in [0.2, 0.25) is 11.9 Å². The Morgan fingerprint density at radius 1 is 1.15 bits per heavy atom. The number of nitrogens with zero attached hydrogens (tertiary/aromatic N) is 6. The van der Waals surface area contributed by atoms with Crippen LogP contribution in [0.25, 0.3) is 11.0 Å². The highest BCUT2D eigenvalue weighted by molar-refractivity contribution is 7.99. The maximum atomic E-state index is 12.0. The third-order valence-corrected chi connectivity index (χ3v) is 4.09. The van der Waals surface area contributed by atoms with E-state index in [1.54, 1.807) is 25.2 Å². The molecule has 2 heterocycles. The number of carbonyl (C=O) groups is 1. The van der Waals surface area contributed by atoms with Gasteiger partial charge in [0.15, 0.2) is 12.4 Å². The van der Waals surface area contributed by atoms with Crippen molar-refractivity contribution in [2.75, 3.05) is 30.5 Å². The Bertz CT molecular complexity index is 935. The van der Waals surface area contributed by atoms with E-state index < -0.39 is 5.97 Å². The fourth-order valence-electron chi connectivity index (χ4n) is 2.02. The molecule has 0 aliphatic heterocycles. The molecule has 2 aromatic heterocycles. The SMILES string of the molecule is CN(C)c1nc(N)nc(COC(=O)CSc2cnc3ccccc3n2)n1. The minimum atomic E-state index is -0.407. The van der Waals surface area contributed by atoms with Gasteiger partial charge >= 0.3 is 5.97 Å². The molecule has 134 valence electrons. The molecule has 2 N–H and O–H groups in total. The zero-order valence-corrected chi connectivity index (χ0v) is 15.1. The van der Waals surface area contributed by atoms with E-state index in [1.165, 1.54) is 11.8 Å². The largest absolute Gasteiger partial charge is 0.457 e. The molecule has 0 spiro atoms. The Kier molecular flexibility index (Phi) is 5.42. The number of para-hydroxylation sites is 2. The minimum absolute atomic E-state index is 0.0731. The quantitative estimate of drug-likeness (QED) is 0.501. The van der Waals surface area contributed by atoms with Crippen LogP contribution in [0.3, 0.4) is 0 Å². The van der Waals surface area contributed by atoms with Crippen LogP contribution >= 0.6 is 11.8 Å². The highest BCUT2D eigenvalue weighted by Gasteiger charge is 2.10. The van der Waals surface area contributed by atoms with Gasteiger partial charge in [0.25, 0.3) is 0 Å². The predicted molar refractivity (Wildman–Crippen MR) is 98.6 cm³/mol. The third kappa shape index (κ3) is 4.54. The van der Waals surface area contributed by atoms with E-state index in [0.717, 1.165) is 11.0 Å². The first-order chi connectivity index (χ1) is 12.5. The van der Waals surface area contributed by atoms with E-state index in [-0.39, 0.29) is 18.3 Å². The van der Waals surface area contributed by atoms with Crippen molar-refractivity contribution in [3.63, 3.8) is 0 Å². The molecule has 0 bridgehead atoms. The number of esters is 1. The lowest BCUT2D eigenvalue weighted by atomic mass is 10.3. The van der Waals surface area contributed by atoms with Crippen molar-refractivity contribution in [3.8, 4) is 0 Å². The first-order valence-corrected chi connectivity index (χ1v) is 8.68. The summed E-state index contributed by atoms with van der Waals surface area (Å²) in [6.07, 6.45) is 1.64. The van der Waals surface area contributed by atoms with Gasteiger partial charge in [-0.2, -0.15) is 15.0 Å². The summed E-state index contributed by atoms with van der Waals surface area (Å²) in [6.45, 7) is -0.0731. The predicted octanol–water partition coefficient (Wildman–Crippen LogP) is 1.30. The topological polar surface area (TPSA) is 120 Å². The molecule has 1 aromatic carbocycles. The average molecular weight is 371 g/mol. The van der Waals surface area contributed by atoms with E-state index in [4.69, 9.17) is 10.5 Å². The first-order valence-electron chi connectivity index (χ1n) is 7.69. The number of nitrogens with two attached hydrogens (primary N) is 1. The molecule has 0 saturated carbocycles. The zero-order chi connectivity index (χ0) is 18.5. The molecule has 10 heteroatoms. The second kappa shape index (κ2) is 7.91. The number of thioether (sulfide) groups is 1. The number of hydrogen-bond acceptors (Lipinski definition) is 10. The maximum Gasteiger partial charge on any atom is 0.316 e. The van der Waals surface area contributed by atoms with Gasteiger partial charge in [-0.3, -0.25) is 9.78 Å². The number of anilines is 2. The summed E-state index contributed by atoms with van der Waals surface area (Å²) in [5, 5.41) is 0.653. The molecule has 3 aromatic rings. The van der Waals surface area contributed by atoms with E-state index in [9.17, 15) is 4.79 Å². The van der Waals surface area contributed by atoms with Crippen LogP contribution in [0.15, 0.2) is 35.5 Å². The molecule has 3 rings (SSSR count). The van der Waals surface area contributed by atoms with Crippen LogP contribution in [0.1, 0.15) is 5.82 Å². The van der Waals surface area contributed by atoms with E-state index in [0.29, 0.717) is 16.8 Å². The Hall–Kier alpha value is -3.01. The number of benzene rings is 1. The van der Waals surface area contributed by atoms with Gasteiger partial charge in [-0.1, -0.05) is 23.9 Å². The zero-order valence-electron chi connectivity index (χ0n) is 14.3. The van der Waals surface area contributed by atoms with Crippen molar-refractivity contribution < 1.29 is 9.53 Å². The van der Waals surface area contributed by atoms with E-state index in [2.05, 4.69) is 24.9 Å².